The summed E-state index contributed by atoms with van der Waals surface area (Å²) < 4.78 is 11.1. The zero-order valence-electron chi connectivity index (χ0n) is 13.4. The van der Waals surface area contributed by atoms with Crippen LogP contribution in [0.15, 0.2) is 42.5 Å². The highest BCUT2D eigenvalue weighted by molar-refractivity contribution is 6.30. The van der Waals surface area contributed by atoms with Crippen LogP contribution in [0.4, 0.5) is 10.5 Å². The van der Waals surface area contributed by atoms with E-state index in [1.165, 1.54) is 0 Å². The van der Waals surface area contributed by atoms with Crippen LogP contribution in [-0.4, -0.2) is 30.7 Å². The fourth-order valence-electron chi connectivity index (χ4n) is 2.50. The zero-order chi connectivity index (χ0) is 16.9. The molecule has 2 aromatic carbocycles. The maximum Gasteiger partial charge on any atom is 0.322 e. The van der Waals surface area contributed by atoms with Crippen molar-refractivity contribution >= 4 is 23.3 Å². The third-order valence-corrected chi connectivity index (χ3v) is 3.96. The van der Waals surface area contributed by atoms with Crippen LogP contribution in [0.2, 0.25) is 5.02 Å². The minimum Gasteiger partial charge on any atom is -0.486 e. The molecule has 0 aromatic heterocycles. The molecule has 0 fully saturated rings. The van der Waals surface area contributed by atoms with E-state index in [0.717, 1.165) is 17.1 Å². The molecule has 126 valence electrons. The fourth-order valence-corrected chi connectivity index (χ4v) is 2.69. The van der Waals surface area contributed by atoms with Gasteiger partial charge in [0.25, 0.3) is 0 Å². The number of ether oxygens (including phenoxy) is 2. The highest BCUT2D eigenvalue weighted by atomic mass is 35.5. The summed E-state index contributed by atoms with van der Waals surface area (Å²) >= 11 is 5.95. The number of fused-ring (bicyclic) bond motifs is 1. The smallest absolute Gasteiger partial charge is 0.322 e. The number of rotatable bonds is 4. The van der Waals surface area contributed by atoms with Gasteiger partial charge < -0.3 is 19.7 Å². The summed E-state index contributed by atoms with van der Waals surface area (Å²) in [5, 5.41) is 3.45. The van der Waals surface area contributed by atoms with E-state index < -0.39 is 0 Å². The zero-order valence-corrected chi connectivity index (χ0v) is 14.2. The lowest BCUT2D eigenvalue weighted by Crippen LogP contribution is -2.34. The standard InChI is InChI=1S/C18H19ClN2O3/c1-2-21(18(22)20-15-5-3-4-14(19)11-15)12-13-6-7-16-17(10-13)24-9-8-23-16/h3-7,10-11H,2,8-9,12H2,1H3,(H,20,22). The molecule has 1 heterocycles. The molecular formula is C18H19ClN2O3. The van der Waals surface area contributed by atoms with E-state index in [1.54, 1.807) is 23.1 Å². The van der Waals surface area contributed by atoms with Crippen LogP contribution in [0.25, 0.3) is 0 Å². The largest absolute Gasteiger partial charge is 0.486 e. The van der Waals surface area contributed by atoms with E-state index in [4.69, 9.17) is 21.1 Å². The molecule has 1 aliphatic heterocycles. The number of urea groups is 1. The van der Waals surface area contributed by atoms with Gasteiger partial charge in [0.2, 0.25) is 0 Å². The molecule has 5 nitrogen and oxygen atoms in total. The van der Waals surface area contributed by atoms with Gasteiger partial charge in [-0.2, -0.15) is 0 Å². The summed E-state index contributed by atoms with van der Waals surface area (Å²) in [4.78, 5) is 14.2. The maximum atomic E-state index is 12.5. The highest BCUT2D eigenvalue weighted by Gasteiger charge is 2.16. The Bertz CT molecular complexity index is 736. The predicted molar refractivity (Wildman–Crippen MR) is 94.0 cm³/mol. The van der Waals surface area contributed by atoms with Crippen LogP contribution < -0.4 is 14.8 Å². The first kappa shape index (κ1) is 16.5. The first-order valence-corrected chi connectivity index (χ1v) is 8.23. The summed E-state index contributed by atoms with van der Waals surface area (Å²) in [5.41, 5.74) is 1.66. The van der Waals surface area contributed by atoms with Crippen molar-refractivity contribution in [1.82, 2.24) is 4.90 Å². The molecule has 0 bridgehead atoms. The lowest BCUT2D eigenvalue weighted by Gasteiger charge is -2.23. The molecule has 1 aliphatic rings. The summed E-state index contributed by atoms with van der Waals surface area (Å²) in [6.07, 6.45) is 0. The van der Waals surface area contributed by atoms with Gasteiger partial charge >= 0.3 is 6.03 Å². The third kappa shape index (κ3) is 3.92. The van der Waals surface area contributed by atoms with Crippen molar-refractivity contribution in [2.24, 2.45) is 0 Å². The summed E-state index contributed by atoms with van der Waals surface area (Å²) in [7, 11) is 0. The van der Waals surface area contributed by atoms with Crippen LogP contribution in [0, 0.1) is 0 Å². The second-order valence-corrected chi connectivity index (χ2v) is 5.87. The Labute approximate surface area is 146 Å². The number of anilines is 1. The van der Waals surface area contributed by atoms with E-state index in [1.807, 2.05) is 31.2 Å². The third-order valence-electron chi connectivity index (χ3n) is 3.72. The number of nitrogens with one attached hydrogen (secondary N) is 1. The van der Waals surface area contributed by atoms with Crippen molar-refractivity contribution in [1.29, 1.82) is 0 Å². The van der Waals surface area contributed by atoms with Gasteiger partial charge in [-0.1, -0.05) is 23.7 Å². The lowest BCUT2D eigenvalue weighted by atomic mass is 10.2. The average molecular weight is 347 g/mol. The number of benzene rings is 2. The van der Waals surface area contributed by atoms with E-state index in [2.05, 4.69) is 5.32 Å². The Morgan fingerprint density at radius 1 is 1.17 bits per heavy atom. The molecular weight excluding hydrogens is 328 g/mol. The fraction of sp³-hybridized carbons (Fsp3) is 0.278. The number of nitrogens with zero attached hydrogens (tertiary/aromatic N) is 1. The van der Waals surface area contributed by atoms with Crippen molar-refractivity contribution in [3.05, 3.63) is 53.1 Å². The number of hydrogen-bond donors (Lipinski definition) is 1. The first-order chi connectivity index (χ1) is 11.7. The summed E-state index contributed by atoms with van der Waals surface area (Å²) in [5.74, 6) is 1.47. The number of halogens is 1. The Kier molecular flexibility index (Phi) is 5.11. The normalized spacial score (nSPS) is 12.6. The van der Waals surface area contributed by atoms with Crippen molar-refractivity contribution in [2.75, 3.05) is 25.1 Å². The molecule has 2 amide bonds. The monoisotopic (exact) mass is 346 g/mol. The molecule has 0 aliphatic carbocycles. The van der Waals surface area contributed by atoms with Gasteiger partial charge in [-0.25, -0.2) is 4.79 Å². The van der Waals surface area contributed by atoms with Gasteiger partial charge in [0.05, 0.1) is 0 Å². The minimum atomic E-state index is -0.172. The second kappa shape index (κ2) is 7.45. The van der Waals surface area contributed by atoms with E-state index in [9.17, 15) is 4.79 Å². The number of hydrogen-bond acceptors (Lipinski definition) is 3. The van der Waals surface area contributed by atoms with Crippen molar-refractivity contribution in [3.63, 3.8) is 0 Å². The number of carbonyl (C=O) groups is 1. The van der Waals surface area contributed by atoms with Crippen molar-refractivity contribution in [3.8, 4) is 11.5 Å². The van der Waals surface area contributed by atoms with Gasteiger partial charge in [-0.15, -0.1) is 0 Å². The predicted octanol–water partition coefficient (Wildman–Crippen LogP) is 4.17. The van der Waals surface area contributed by atoms with Crippen molar-refractivity contribution < 1.29 is 14.3 Å². The van der Waals surface area contributed by atoms with E-state index >= 15 is 0 Å². The molecule has 0 atom stereocenters. The summed E-state index contributed by atoms with van der Waals surface area (Å²) in [6.45, 7) is 4.12. The molecule has 24 heavy (non-hydrogen) atoms. The van der Waals surface area contributed by atoms with Crippen LogP contribution >= 0.6 is 11.6 Å². The van der Waals surface area contributed by atoms with Crippen LogP contribution in [-0.2, 0) is 6.54 Å². The van der Waals surface area contributed by atoms with E-state index in [-0.39, 0.29) is 6.03 Å². The van der Waals surface area contributed by atoms with Crippen LogP contribution in [0.5, 0.6) is 11.5 Å². The molecule has 0 saturated heterocycles. The second-order valence-electron chi connectivity index (χ2n) is 5.43. The molecule has 0 unspecified atom stereocenters. The molecule has 0 radical (unpaired) electrons. The molecule has 6 heteroatoms. The highest BCUT2D eigenvalue weighted by Crippen LogP contribution is 2.31. The Balaban J connectivity index is 1.68. The Morgan fingerprint density at radius 2 is 1.96 bits per heavy atom. The molecule has 2 aromatic rings. The molecule has 3 rings (SSSR count). The maximum absolute atomic E-state index is 12.5. The summed E-state index contributed by atoms with van der Waals surface area (Å²) in [6, 6.07) is 12.7. The molecule has 0 spiro atoms. The SMILES string of the molecule is CCN(Cc1ccc2c(c1)OCCO2)C(=O)Nc1cccc(Cl)c1. The van der Waals surface area contributed by atoms with Gasteiger partial charge in [0.15, 0.2) is 11.5 Å². The van der Waals surface area contributed by atoms with Crippen LogP contribution in [0.3, 0.4) is 0 Å². The minimum absolute atomic E-state index is 0.172. The average Bonchev–Trinajstić information content (AvgIpc) is 2.59. The van der Waals surface area contributed by atoms with Gasteiger partial charge in [-0.05, 0) is 42.8 Å². The number of carbonyl (C=O) groups excluding carboxylic acids is 1. The molecule has 1 N–H and O–H groups in total. The molecule has 0 saturated carbocycles. The quantitative estimate of drug-likeness (QED) is 0.904. The lowest BCUT2D eigenvalue weighted by molar-refractivity contribution is 0.171. The topological polar surface area (TPSA) is 50.8 Å². The van der Waals surface area contributed by atoms with Gasteiger partial charge in [-0.3, -0.25) is 0 Å². The Morgan fingerprint density at radius 3 is 2.71 bits per heavy atom. The van der Waals surface area contributed by atoms with Crippen LogP contribution in [0.1, 0.15) is 12.5 Å². The van der Waals surface area contributed by atoms with Gasteiger partial charge in [0, 0.05) is 23.8 Å². The van der Waals surface area contributed by atoms with E-state index in [0.29, 0.717) is 37.0 Å². The van der Waals surface area contributed by atoms with Crippen molar-refractivity contribution in [2.45, 2.75) is 13.5 Å². The van der Waals surface area contributed by atoms with Gasteiger partial charge in [0.1, 0.15) is 13.2 Å². The Hall–Kier alpha value is -2.40. The first-order valence-electron chi connectivity index (χ1n) is 7.85. The number of amides is 2.